The van der Waals surface area contributed by atoms with Crippen LogP contribution in [0.4, 0.5) is 22.0 Å². The quantitative estimate of drug-likeness (QED) is 0.278. The number of carbonyl (C=O) groups is 2. The Hall–Kier alpha value is -2.69. The number of thioether (sulfide) groups is 1. The number of halogens is 5. The first-order chi connectivity index (χ1) is 14.9. The molecule has 0 spiro atoms. The first-order valence-electron chi connectivity index (χ1n) is 9.27. The van der Waals surface area contributed by atoms with Gasteiger partial charge < -0.3 is 9.47 Å². The molecule has 0 amide bonds. The monoisotopic (exact) mass is 477 g/mol. The summed E-state index contributed by atoms with van der Waals surface area (Å²) in [7, 11) is 2.28. The number of carbonyl (C=O) groups excluding carboxylic acids is 2. The molecular weight excluding hydrogens is 457 g/mol. The fourth-order valence-corrected chi connectivity index (χ4v) is 3.86. The van der Waals surface area contributed by atoms with E-state index in [0.717, 1.165) is 7.11 Å². The minimum atomic E-state index is -5.22. The van der Waals surface area contributed by atoms with E-state index in [1.807, 2.05) is 0 Å². The lowest BCUT2D eigenvalue weighted by atomic mass is 9.91. The number of ether oxygens (including phenoxy) is 2. The summed E-state index contributed by atoms with van der Waals surface area (Å²) in [6, 6.07) is 6.02. The van der Waals surface area contributed by atoms with Crippen LogP contribution in [0.25, 0.3) is 0 Å². The summed E-state index contributed by atoms with van der Waals surface area (Å²) in [6.45, 7) is 3.22. The van der Waals surface area contributed by atoms with Crippen molar-refractivity contribution < 1.29 is 41.0 Å². The topological polar surface area (TPSA) is 65.5 Å². The Labute approximate surface area is 185 Å². The van der Waals surface area contributed by atoms with Crippen LogP contribution in [0.1, 0.15) is 57.9 Å². The smallest absolute Gasteiger partial charge is 0.434 e. The molecule has 0 fully saturated rings. The number of methoxy groups -OCH3 is 2. The van der Waals surface area contributed by atoms with E-state index in [4.69, 9.17) is 4.74 Å². The number of hydrogen-bond acceptors (Lipinski definition) is 6. The maximum absolute atomic E-state index is 13.8. The van der Waals surface area contributed by atoms with Crippen molar-refractivity contribution in [3.05, 3.63) is 52.3 Å². The average Bonchev–Trinajstić information content (AvgIpc) is 2.71. The second kappa shape index (κ2) is 10.3. The highest BCUT2D eigenvalue weighted by atomic mass is 32.2. The first-order valence-corrected chi connectivity index (χ1v) is 10.1. The Bertz CT molecular complexity index is 1010. The predicted molar refractivity (Wildman–Crippen MR) is 107 cm³/mol. The number of alkyl halides is 5. The van der Waals surface area contributed by atoms with Crippen LogP contribution in [0.2, 0.25) is 0 Å². The normalized spacial score (nSPS) is 11.7. The fraction of sp³-hybridized carbons (Fsp3) is 0.381. The van der Waals surface area contributed by atoms with Crippen LogP contribution in [-0.4, -0.2) is 30.3 Å². The third kappa shape index (κ3) is 5.76. The van der Waals surface area contributed by atoms with Gasteiger partial charge in [-0.25, -0.2) is 18.6 Å². The van der Waals surface area contributed by atoms with Gasteiger partial charge in [0.1, 0.15) is 11.4 Å². The molecule has 0 saturated heterocycles. The van der Waals surface area contributed by atoms with E-state index < -0.39 is 51.8 Å². The zero-order chi connectivity index (χ0) is 24.2. The van der Waals surface area contributed by atoms with E-state index >= 15 is 0 Å². The van der Waals surface area contributed by atoms with E-state index in [0.29, 0.717) is 17.5 Å². The van der Waals surface area contributed by atoms with Gasteiger partial charge in [0.2, 0.25) is 5.12 Å². The van der Waals surface area contributed by atoms with Crippen molar-refractivity contribution >= 4 is 22.8 Å². The molecule has 174 valence electrons. The molecule has 0 radical (unpaired) electrons. The number of esters is 1. The van der Waals surface area contributed by atoms with E-state index in [2.05, 4.69) is 9.72 Å². The van der Waals surface area contributed by atoms with Gasteiger partial charge in [0, 0.05) is 4.90 Å². The molecule has 1 aromatic carbocycles. The molecule has 0 aliphatic heterocycles. The lowest BCUT2D eigenvalue weighted by Gasteiger charge is -2.21. The van der Waals surface area contributed by atoms with Crippen LogP contribution in [0.3, 0.4) is 0 Å². The largest absolute Gasteiger partial charge is 0.497 e. The van der Waals surface area contributed by atoms with Crippen molar-refractivity contribution in [2.45, 2.75) is 37.8 Å². The van der Waals surface area contributed by atoms with Gasteiger partial charge in [0.05, 0.1) is 25.3 Å². The van der Waals surface area contributed by atoms with Crippen LogP contribution in [0.15, 0.2) is 29.2 Å². The Morgan fingerprint density at radius 2 is 1.78 bits per heavy atom. The van der Waals surface area contributed by atoms with Crippen molar-refractivity contribution in [2.75, 3.05) is 14.2 Å². The molecule has 0 bridgehead atoms. The first kappa shape index (κ1) is 25.6. The summed E-state index contributed by atoms with van der Waals surface area (Å²) >= 11 is 0.442. The van der Waals surface area contributed by atoms with Crippen molar-refractivity contribution in [1.29, 1.82) is 0 Å². The molecular formula is C21H20F5NO4S. The standard InChI is InChI=1S/C21H20F5NO4S/c1-10(2)8-13-14(19(28)31-4)16(18(22)23)27-17(21(24,25)26)15(13)20(29)32-12-7-5-6-11(9-12)30-3/h5-7,9-10,18H,8H2,1-4H3. The number of benzene rings is 1. The zero-order valence-electron chi connectivity index (χ0n) is 17.5. The van der Waals surface area contributed by atoms with Gasteiger partial charge in [-0.15, -0.1) is 0 Å². The van der Waals surface area contributed by atoms with E-state index in [9.17, 15) is 31.5 Å². The van der Waals surface area contributed by atoms with Gasteiger partial charge in [0.25, 0.3) is 6.43 Å². The van der Waals surface area contributed by atoms with Crippen LogP contribution in [0, 0.1) is 5.92 Å². The summed E-state index contributed by atoms with van der Waals surface area (Å²) in [5, 5.41) is -1.10. The molecule has 2 aromatic rings. The summed E-state index contributed by atoms with van der Waals surface area (Å²) in [5.41, 5.74) is -5.37. The highest BCUT2D eigenvalue weighted by molar-refractivity contribution is 8.14. The predicted octanol–water partition coefficient (Wildman–Crippen LogP) is 5.96. The Morgan fingerprint density at radius 3 is 2.28 bits per heavy atom. The molecule has 0 aliphatic rings. The molecule has 1 aromatic heterocycles. The van der Waals surface area contributed by atoms with Crippen molar-refractivity contribution in [2.24, 2.45) is 5.92 Å². The zero-order valence-corrected chi connectivity index (χ0v) is 18.4. The average molecular weight is 477 g/mol. The molecule has 0 atom stereocenters. The minimum Gasteiger partial charge on any atom is -0.497 e. The van der Waals surface area contributed by atoms with E-state index in [1.165, 1.54) is 25.3 Å². The van der Waals surface area contributed by atoms with Crippen LogP contribution in [0.5, 0.6) is 5.75 Å². The molecule has 0 saturated carbocycles. The van der Waals surface area contributed by atoms with Crippen molar-refractivity contribution in [3.8, 4) is 5.75 Å². The third-order valence-corrected chi connectivity index (χ3v) is 5.14. The summed E-state index contributed by atoms with van der Waals surface area (Å²) in [4.78, 5) is 28.7. The molecule has 5 nitrogen and oxygen atoms in total. The molecule has 0 unspecified atom stereocenters. The minimum absolute atomic E-state index is 0.254. The van der Waals surface area contributed by atoms with Gasteiger partial charge >= 0.3 is 12.1 Å². The van der Waals surface area contributed by atoms with E-state index in [1.54, 1.807) is 19.9 Å². The van der Waals surface area contributed by atoms with Gasteiger partial charge in [-0.3, -0.25) is 4.79 Å². The van der Waals surface area contributed by atoms with Gasteiger partial charge in [0.15, 0.2) is 5.69 Å². The van der Waals surface area contributed by atoms with Gasteiger partial charge in [-0.05, 0) is 47.9 Å². The second-order valence-corrected chi connectivity index (χ2v) is 8.08. The fourth-order valence-electron chi connectivity index (χ4n) is 3.00. The van der Waals surface area contributed by atoms with Crippen molar-refractivity contribution in [3.63, 3.8) is 0 Å². The number of nitrogens with zero attached hydrogens (tertiary/aromatic N) is 1. The molecule has 2 rings (SSSR count). The second-order valence-electron chi connectivity index (χ2n) is 7.03. The molecule has 0 aliphatic carbocycles. The van der Waals surface area contributed by atoms with Crippen LogP contribution < -0.4 is 4.74 Å². The highest BCUT2D eigenvalue weighted by Gasteiger charge is 2.42. The number of rotatable bonds is 7. The Balaban J connectivity index is 2.84. The lowest BCUT2D eigenvalue weighted by Crippen LogP contribution is -2.24. The Morgan fingerprint density at radius 1 is 1.12 bits per heavy atom. The van der Waals surface area contributed by atoms with Crippen molar-refractivity contribution in [1.82, 2.24) is 4.98 Å². The number of aromatic nitrogens is 1. The number of hydrogen-bond donors (Lipinski definition) is 0. The molecule has 1 heterocycles. The third-order valence-electron chi connectivity index (χ3n) is 4.26. The van der Waals surface area contributed by atoms with Crippen LogP contribution in [-0.2, 0) is 17.3 Å². The summed E-state index contributed by atoms with van der Waals surface area (Å²) in [5.74, 6) is -1.30. The maximum atomic E-state index is 13.8. The maximum Gasteiger partial charge on any atom is 0.434 e. The van der Waals surface area contributed by atoms with Crippen LogP contribution >= 0.6 is 11.8 Å². The van der Waals surface area contributed by atoms with Gasteiger partial charge in [-0.1, -0.05) is 19.9 Å². The van der Waals surface area contributed by atoms with E-state index in [-0.39, 0.29) is 17.2 Å². The summed E-state index contributed by atoms with van der Waals surface area (Å²) in [6.07, 6.45) is -8.97. The summed E-state index contributed by atoms with van der Waals surface area (Å²) < 4.78 is 78.3. The van der Waals surface area contributed by atoms with Gasteiger partial charge in [-0.2, -0.15) is 13.2 Å². The SMILES string of the molecule is COC(=O)c1c(C(F)F)nc(C(F)(F)F)c(C(=O)Sc2cccc(OC)c2)c1CC(C)C. The molecule has 32 heavy (non-hydrogen) atoms. The lowest BCUT2D eigenvalue weighted by molar-refractivity contribution is -0.141. The highest BCUT2D eigenvalue weighted by Crippen LogP contribution is 2.40. The molecule has 11 heteroatoms. The Kier molecular flexibility index (Phi) is 8.22. The number of pyridine rings is 1. The molecule has 0 N–H and O–H groups in total.